The normalized spacial score (nSPS) is 16.7. The van der Waals surface area contributed by atoms with Gasteiger partial charge in [0.2, 0.25) is 0 Å². The number of hydrogen-bond donors (Lipinski definition) is 0. The van der Waals surface area contributed by atoms with Crippen molar-refractivity contribution in [2.24, 2.45) is 7.05 Å². The van der Waals surface area contributed by atoms with Crippen LogP contribution in [-0.4, -0.2) is 61.5 Å². The van der Waals surface area contributed by atoms with Gasteiger partial charge in [0, 0.05) is 37.8 Å². The summed E-state index contributed by atoms with van der Waals surface area (Å²) < 4.78 is 4.28. The molecule has 0 N–H and O–H groups in total. The van der Waals surface area contributed by atoms with Crippen LogP contribution in [0.25, 0.3) is 0 Å². The largest absolute Gasteiger partial charge is 0.317 e. The Labute approximate surface area is 157 Å². The predicted molar refractivity (Wildman–Crippen MR) is 103 cm³/mol. The molecule has 1 aliphatic rings. The predicted octanol–water partition coefficient (Wildman–Crippen LogP) is 2.17. The molecule has 0 aromatic carbocycles. The van der Waals surface area contributed by atoms with Crippen LogP contribution in [0.15, 0.2) is 6.20 Å². The number of nitrogens with zero attached hydrogens (tertiary/aromatic N) is 7. The molecule has 1 aliphatic heterocycles. The van der Waals surface area contributed by atoms with Gasteiger partial charge in [0.1, 0.15) is 11.6 Å². The van der Waals surface area contributed by atoms with Crippen LogP contribution in [0, 0.1) is 6.92 Å². The summed E-state index contributed by atoms with van der Waals surface area (Å²) in [6.45, 7) is 9.39. The van der Waals surface area contributed by atoms with Crippen molar-refractivity contribution in [3.8, 4) is 0 Å². The molecule has 0 unspecified atom stereocenters. The van der Waals surface area contributed by atoms with Crippen molar-refractivity contribution in [1.82, 2.24) is 34.3 Å². The molecule has 1 fully saturated rings. The zero-order chi connectivity index (χ0) is 18.7. The first-order chi connectivity index (χ1) is 12.5. The number of rotatable bonds is 7. The van der Waals surface area contributed by atoms with E-state index in [1.807, 2.05) is 0 Å². The van der Waals surface area contributed by atoms with E-state index in [9.17, 15) is 0 Å². The minimum atomic E-state index is 0.517. The molecule has 3 heterocycles. The van der Waals surface area contributed by atoms with Crippen molar-refractivity contribution in [2.75, 3.05) is 27.2 Å². The van der Waals surface area contributed by atoms with Gasteiger partial charge in [-0.1, -0.05) is 6.92 Å². The van der Waals surface area contributed by atoms with Gasteiger partial charge in [-0.05, 0) is 53.4 Å². The molecular weight excluding hydrogens is 326 g/mol. The van der Waals surface area contributed by atoms with Crippen molar-refractivity contribution in [3.63, 3.8) is 0 Å². The van der Waals surface area contributed by atoms with E-state index in [0.717, 1.165) is 63.6 Å². The van der Waals surface area contributed by atoms with Crippen LogP contribution in [0.5, 0.6) is 0 Å². The molecular formula is C19H33N7. The van der Waals surface area contributed by atoms with Crippen LogP contribution in [0.2, 0.25) is 0 Å². The molecule has 26 heavy (non-hydrogen) atoms. The molecule has 0 radical (unpaired) electrons. The molecule has 3 rings (SSSR count). The summed E-state index contributed by atoms with van der Waals surface area (Å²) in [7, 11) is 6.24. The fourth-order valence-corrected chi connectivity index (χ4v) is 3.80. The van der Waals surface area contributed by atoms with Gasteiger partial charge in [-0.25, -0.2) is 0 Å². The average Bonchev–Trinajstić information content (AvgIpc) is 3.12. The van der Waals surface area contributed by atoms with E-state index in [2.05, 4.69) is 75.5 Å². The molecule has 7 heteroatoms. The van der Waals surface area contributed by atoms with Gasteiger partial charge in [0.05, 0.1) is 12.2 Å². The topological polar surface area (TPSA) is 55.0 Å². The molecule has 0 saturated carbocycles. The number of likely N-dealkylation sites (tertiary alicyclic amines) is 1. The average molecular weight is 360 g/mol. The zero-order valence-corrected chi connectivity index (χ0v) is 16.9. The maximum absolute atomic E-state index is 4.63. The molecule has 2 aromatic rings. The lowest BCUT2D eigenvalue weighted by atomic mass is 9.95. The van der Waals surface area contributed by atoms with Gasteiger partial charge in [-0.3, -0.25) is 9.58 Å². The third-order valence-electron chi connectivity index (χ3n) is 5.30. The highest BCUT2D eigenvalue weighted by molar-refractivity contribution is 5.15. The van der Waals surface area contributed by atoms with E-state index >= 15 is 0 Å². The molecule has 1 saturated heterocycles. The fraction of sp³-hybridized carbons (Fsp3) is 0.737. The molecule has 144 valence electrons. The van der Waals surface area contributed by atoms with Crippen molar-refractivity contribution < 1.29 is 0 Å². The minimum absolute atomic E-state index is 0.517. The van der Waals surface area contributed by atoms with Crippen LogP contribution in [0.4, 0.5) is 0 Å². The molecule has 0 bridgehead atoms. The van der Waals surface area contributed by atoms with Crippen LogP contribution in [-0.2, 0) is 26.7 Å². The highest BCUT2D eigenvalue weighted by Crippen LogP contribution is 2.28. The van der Waals surface area contributed by atoms with Gasteiger partial charge in [-0.2, -0.15) is 5.10 Å². The van der Waals surface area contributed by atoms with Gasteiger partial charge in [0.25, 0.3) is 0 Å². The lowest BCUT2D eigenvalue weighted by Gasteiger charge is -2.31. The molecule has 0 aliphatic carbocycles. The number of piperidine rings is 1. The van der Waals surface area contributed by atoms with E-state index in [1.165, 1.54) is 11.3 Å². The Hall–Kier alpha value is -1.73. The van der Waals surface area contributed by atoms with Crippen molar-refractivity contribution in [1.29, 1.82) is 0 Å². The maximum Gasteiger partial charge on any atom is 0.146 e. The monoisotopic (exact) mass is 359 g/mol. The van der Waals surface area contributed by atoms with Crippen molar-refractivity contribution in [2.45, 2.75) is 58.7 Å². The second-order valence-electron chi connectivity index (χ2n) is 7.82. The standard InChI is InChI=1S/C19H33N7/c1-6-9-26-13-17(15(2)22-26)12-25-10-7-16(8-11-25)19-21-20-18(24(19)5)14-23(3)4/h13,16H,6-12,14H2,1-5H3. The summed E-state index contributed by atoms with van der Waals surface area (Å²) in [6, 6.07) is 0. The Balaban J connectivity index is 1.57. The highest BCUT2D eigenvalue weighted by Gasteiger charge is 2.25. The first-order valence-corrected chi connectivity index (χ1v) is 9.76. The van der Waals surface area contributed by atoms with Crippen LogP contribution < -0.4 is 0 Å². The third kappa shape index (κ3) is 4.32. The second kappa shape index (κ2) is 8.31. The Morgan fingerprint density at radius 3 is 2.58 bits per heavy atom. The molecule has 2 aromatic heterocycles. The van der Waals surface area contributed by atoms with Crippen LogP contribution in [0.1, 0.15) is 55.0 Å². The Kier molecular flexibility index (Phi) is 6.09. The van der Waals surface area contributed by atoms with Crippen LogP contribution in [0.3, 0.4) is 0 Å². The Bertz CT molecular complexity index is 708. The quantitative estimate of drug-likeness (QED) is 0.758. The third-order valence-corrected chi connectivity index (χ3v) is 5.30. The minimum Gasteiger partial charge on any atom is -0.317 e. The van der Waals surface area contributed by atoms with Crippen LogP contribution >= 0.6 is 0 Å². The second-order valence-corrected chi connectivity index (χ2v) is 7.82. The SMILES string of the molecule is CCCn1cc(CN2CCC(c3nnc(CN(C)C)n3C)CC2)c(C)n1. The Morgan fingerprint density at radius 2 is 1.92 bits per heavy atom. The highest BCUT2D eigenvalue weighted by atomic mass is 15.3. The summed E-state index contributed by atoms with van der Waals surface area (Å²) in [5, 5.41) is 13.5. The summed E-state index contributed by atoms with van der Waals surface area (Å²) in [5.41, 5.74) is 2.53. The molecule has 0 atom stereocenters. The molecule has 7 nitrogen and oxygen atoms in total. The summed E-state index contributed by atoms with van der Waals surface area (Å²) in [6.07, 6.45) is 5.65. The fourth-order valence-electron chi connectivity index (χ4n) is 3.80. The van der Waals surface area contributed by atoms with E-state index in [4.69, 9.17) is 0 Å². The zero-order valence-electron chi connectivity index (χ0n) is 16.9. The summed E-state index contributed by atoms with van der Waals surface area (Å²) >= 11 is 0. The van der Waals surface area contributed by atoms with E-state index in [1.54, 1.807) is 0 Å². The van der Waals surface area contributed by atoms with E-state index in [-0.39, 0.29) is 0 Å². The first kappa shape index (κ1) is 19.0. The van der Waals surface area contributed by atoms with Crippen molar-refractivity contribution in [3.05, 3.63) is 29.1 Å². The number of aromatic nitrogens is 5. The Morgan fingerprint density at radius 1 is 1.19 bits per heavy atom. The van der Waals surface area contributed by atoms with Gasteiger partial charge in [0.15, 0.2) is 0 Å². The smallest absolute Gasteiger partial charge is 0.146 e. The van der Waals surface area contributed by atoms with Gasteiger partial charge < -0.3 is 9.47 Å². The lowest BCUT2D eigenvalue weighted by molar-refractivity contribution is 0.200. The maximum atomic E-state index is 4.63. The number of hydrogen-bond acceptors (Lipinski definition) is 5. The number of aryl methyl sites for hydroxylation is 2. The van der Waals surface area contributed by atoms with Crippen molar-refractivity contribution >= 4 is 0 Å². The summed E-state index contributed by atoms with van der Waals surface area (Å²) in [5.74, 6) is 2.71. The lowest BCUT2D eigenvalue weighted by Crippen LogP contribution is -2.33. The summed E-state index contributed by atoms with van der Waals surface area (Å²) in [4.78, 5) is 4.69. The first-order valence-electron chi connectivity index (χ1n) is 9.76. The van der Waals surface area contributed by atoms with Gasteiger partial charge in [-0.15, -0.1) is 10.2 Å². The molecule has 0 spiro atoms. The van der Waals surface area contributed by atoms with E-state index in [0.29, 0.717) is 5.92 Å². The van der Waals surface area contributed by atoms with Gasteiger partial charge >= 0.3 is 0 Å². The molecule has 0 amide bonds. The van der Waals surface area contributed by atoms with E-state index < -0.39 is 0 Å².